The van der Waals surface area contributed by atoms with Crippen molar-refractivity contribution in [2.24, 2.45) is 11.3 Å². The molecular formula is C19H25N5O2S. The molecule has 0 unspecified atom stereocenters. The predicted molar refractivity (Wildman–Crippen MR) is 102 cm³/mol. The second-order valence-corrected chi connectivity index (χ2v) is 8.70. The van der Waals surface area contributed by atoms with E-state index in [0.717, 1.165) is 43.2 Å². The average Bonchev–Trinajstić information content (AvgIpc) is 3.36. The number of hydrogen-bond acceptors (Lipinski definition) is 7. The Bertz CT molecular complexity index is 798. The maximum atomic E-state index is 12.8. The van der Waals surface area contributed by atoms with E-state index in [4.69, 9.17) is 4.74 Å². The van der Waals surface area contributed by atoms with E-state index in [1.165, 1.54) is 11.5 Å². The molecule has 7 nitrogen and oxygen atoms in total. The number of nitrogens with zero attached hydrogens (tertiary/aromatic N) is 5. The fourth-order valence-corrected chi connectivity index (χ4v) is 4.89. The van der Waals surface area contributed by atoms with Gasteiger partial charge in [-0.3, -0.25) is 9.78 Å². The third-order valence-corrected chi connectivity index (χ3v) is 6.44. The van der Waals surface area contributed by atoms with Crippen LogP contribution in [0.25, 0.3) is 0 Å². The van der Waals surface area contributed by atoms with Crippen LogP contribution in [-0.2, 0) is 11.3 Å². The summed E-state index contributed by atoms with van der Waals surface area (Å²) in [6.45, 7) is 6.68. The summed E-state index contributed by atoms with van der Waals surface area (Å²) in [7, 11) is 2.15. The number of pyridine rings is 1. The van der Waals surface area contributed by atoms with Crippen LogP contribution in [0, 0.1) is 18.3 Å². The molecule has 0 radical (unpaired) electrons. The zero-order chi connectivity index (χ0) is 18.9. The lowest BCUT2D eigenvalue weighted by Crippen LogP contribution is -2.38. The average molecular weight is 388 g/mol. The highest BCUT2D eigenvalue weighted by atomic mass is 32.1. The van der Waals surface area contributed by atoms with Gasteiger partial charge in [-0.05, 0) is 44.1 Å². The topological polar surface area (TPSA) is 71.5 Å². The highest BCUT2D eigenvalue weighted by Crippen LogP contribution is 2.44. The van der Waals surface area contributed by atoms with Crippen LogP contribution in [0.5, 0.6) is 0 Å². The molecule has 8 heteroatoms. The molecule has 4 heterocycles. The van der Waals surface area contributed by atoms with Gasteiger partial charge < -0.3 is 14.5 Å². The standard InChI is InChI=1S/C19H25N5O2S/c1-14-17(21-22-27-14)18(25)24-8-6-19(13-24)12-23(2)9-15(19)10-26-11-16-5-3-4-7-20-16/h3-5,7,15H,6,8-13H2,1-2H3/t15-,19+/m0/s1. The minimum absolute atomic E-state index is 0.0147. The van der Waals surface area contributed by atoms with Gasteiger partial charge in [-0.2, -0.15) is 0 Å². The van der Waals surface area contributed by atoms with Crippen molar-refractivity contribution < 1.29 is 9.53 Å². The molecule has 2 aliphatic rings. The number of aryl methyl sites for hydroxylation is 1. The largest absolute Gasteiger partial charge is 0.375 e. The summed E-state index contributed by atoms with van der Waals surface area (Å²) >= 11 is 1.28. The van der Waals surface area contributed by atoms with Crippen LogP contribution in [0.1, 0.15) is 27.5 Å². The van der Waals surface area contributed by atoms with Crippen molar-refractivity contribution in [1.82, 2.24) is 24.4 Å². The van der Waals surface area contributed by atoms with E-state index in [9.17, 15) is 4.79 Å². The van der Waals surface area contributed by atoms with Crippen molar-refractivity contribution in [3.63, 3.8) is 0 Å². The summed E-state index contributed by atoms with van der Waals surface area (Å²) in [5, 5.41) is 4.03. The van der Waals surface area contributed by atoms with Gasteiger partial charge in [0.2, 0.25) is 0 Å². The van der Waals surface area contributed by atoms with Gasteiger partial charge in [-0.1, -0.05) is 10.6 Å². The Labute approximate surface area is 163 Å². The molecular weight excluding hydrogens is 362 g/mol. The van der Waals surface area contributed by atoms with Crippen LogP contribution < -0.4 is 0 Å². The van der Waals surface area contributed by atoms with Crippen molar-refractivity contribution >= 4 is 17.4 Å². The number of carbonyl (C=O) groups is 1. The molecule has 0 N–H and O–H groups in total. The zero-order valence-corrected chi connectivity index (χ0v) is 16.6. The summed E-state index contributed by atoms with van der Waals surface area (Å²) in [5.41, 5.74) is 1.56. The lowest BCUT2D eigenvalue weighted by Gasteiger charge is -2.30. The molecule has 2 atom stereocenters. The smallest absolute Gasteiger partial charge is 0.275 e. The molecule has 0 bridgehead atoms. The molecule has 27 heavy (non-hydrogen) atoms. The summed E-state index contributed by atoms with van der Waals surface area (Å²) in [6, 6.07) is 5.87. The minimum Gasteiger partial charge on any atom is -0.375 e. The molecule has 144 valence electrons. The lowest BCUT2D eigenvalue weighted by atomic mass is 9.77. The molecule has 0 saturated carbocycles. The third-order valence-electron chi connectivity index (χ3n) is 5.81. The molecule has 0 aliphatic carbocycles. The van der Waals surface area contributed by atoms with E-state index in [0.29, 0.717) is 24.8 Å². The van der Waals surface area contributed by atoms with Crippen molar-refractivity contribution in [3.05, 3.63) is 40.7 Å². The molecule has 2 saturated heterocycles. The van der Waals surface area contributed by atoms with Gasteiger partial charge in [-0.25, -0.2) is 0 Å². The third kappa shape index (κ3) is 3.74. The van der Waals surface area contributed by atoms with Gasteiger partial charge in [0.25, 0.3) is 5.91 Å². The normalized spacial score (nSPS) is 25.6. The van der Waals surface area contributed by atoms with Crippen LogP contribution >= 0.6 is 11.5 Å². The fraction of sp³-hybridized carbons (Fsp3) is 0.579. The summed E-state index contributed by atoms with van der Waals surface area (Å²) in [6.07, 6.45) is 2.80. The van der Waals surface area contributed by atoms with Crippen LogP contribution in [0.15, 0.2) is 24.4 Å². The van der Waals surface area contributed by atoms with Gasteiger partial charge in [0, 0.05) is 43.7 Å². The fourth-order valence-electron chi connectivity index (χ4n) is 4.43. The van der Waals surface area contributed by atoms with Crippen molar-refractivity contribution in [3.8, 4) is 0 Å². The minimum atomic E-state index is 0.0147. The van der Waals surface area contributed by atoms with Gasteiger partial charge in [0.15, 0.2) is 5.69 Å². The quantitative estimate of drug-likeness (QED) is 0.780. The molecule has 1 spiro atoms. The molecule has 2 aromatic rings. The Morgan fingerprint density at radius 2 is 2.30 bits per heavy atom. The van der Waals surface area contributed by atoms with Gasteiger partial charge >= 0.3 is 0 Å². The summed E-state index contributed by atoms with van der Waals surface area (Å²) in [5.74, 6) is 0.430. The first-order valence-corrected chi connectivity index (χ1v) is 10.1. The Hall–Kier alpha value is -1.90. The van der Waals surface area contributed by atoms with Gasteiger partial charge in [0.1, 0.15) is 0 Å². The van der Waals surface area contributed by atoms with Gasteiger partial charge in [-0.15, -0.1) is 5.10 Å². The van der Waals surface area contributed by atoms with E-state index in [1.54, 1.807) is 6.20 Å². The zero-order valence-electron chi connectivity index (χ0n) is 15.8. The Morgan fingerprint density at radius 3 is 3.04 bits per heavy atom. The molecule has 1 amide bonds. The number of amides is 1. The maximum Gasteiger partial charge on any atom is 0.275 e. The second kappa shape index (κ2) is 7.61. The molecule has 4 rings (SSSR count). The van der Waals surface area contributed by atoms with E-state index in [1.807, 2.05) is 30.0 Å². The molecule has 2 aliphatic heterocycles. The first kappa shape index (κ1) is 18.5. The number of rotatable bonds is 5. The Kier molecular flexibility index (Phi) is 5.21. The van der Waals surface area contributed by atoms with E-state index in [2.05, 4.69) is 26.5 Å². The van der Waals surface area contributed by atoms with Crippen molar-refractivity contribution in [1.29, 1.82) is 0 Å². The van der Waals surface area contributed by atoms with E-state index in [-0.39, 0.29) is 11.3 Å². The van der Waals surface area contributed by atoms with Crippen LogP contribution in [0.3, 0.4) is 0 Å². The number of carbonyl (C=O) groups excluding carboxylic acids is 1. The predicted octanol–water partition coefficient (Wildman–Crippen LogP) is 1.85. The first-order valence-electron chi connectivity index (χ1n) is 9.32. The SMILES string of the molecule is Cc1snnc1C(=O)N1CC[C@@]2(CN(C)C[C@H]2COCc2ccccn2)C1. The van der Waals surface area contributed by atoms with Crippen molar-refractivity contribution in [2.45, 2.75) is 20.0 Å². The number of hydrogen-bond donors (Lipinski definition) is 0. The first-order chi connectivity index (χ1) is 13.1. The van der Waals surface area contributed by atoms with Crippen LogP contribution in [-0.4, -0.2) is 70.1 Å². The van der Waals surface area contributed by atoms with Crippen LogP contribution in [0.2, 0.25) is 0 Å². The van der Waals surface area contributed by atoms with Crippen molar-refractivity contribution in [2.75, 3.05) is 39.8 Å². The highest BCUT2D eigenvalue weighted by molar-refractivity contribution is 7.05. The Balaban J connectivity index is 1.40. The van der Waals surface area contributed by atoms with Gasteiger partial charge in [0.05, 0.1) is 23.8 Å². The van der Waals surface area contributed by atoms with Crippen LogP contribution in [0.4, 0.5) is 0 Å². The maximum absolute atomic E-state index is 12.8. The number of ether oxygens (including phenoxy) is 1. The highest BCUT2D eigenvalue weighted by Gasteiger charge is 2.50. The molecule has 0 aromatic carbocycles. The molecule has 2 fully saturated rings. The monoisotopic (exact) mass is 387 g/mol. The molecule has 2 aromatic heterocycles. The van der Waals surface area contributed by atoms with E-state index < -0.39 is 0 Å². The summed E-state index contributed by atoms with van der Waals surface area (Å²) in [4.78, 5) is 22.4. The summed E-state index contributed by atoms with van der Waals surface area (Å²) < 4.78 is 9.92. The lowest BCUT2D eigenvalue weighted by molar-refractivity contribution is 0.0482. The number of likely N-dealkylation sites (tertiary alicyclic amines) is 2. The second-order valence-electron chi connectivity index (χ2n) is 7.75. The van der Waals surface area contributed by atoms with E-state index >= 15 is 0 Å². The number of aromatic nitrogens is 3. The Morgan fingerprint density at radius 1 is 1.41 bits per heavy atom.